The van der Waals surface area contributed by atoms with Gasteiger partial charge in [0.15, 0.2) is 17.3 Å². The van der Waals surface area contributed by atoms with Crippen molar-refractivity contribution in [3.05, 3.63) is 47.2 Å². The zero-order valence-corrected chi connectivity index (χ0v) is 16.3. The molecule has 31 heavy (non-hydrogen) atoms. The van der Waals surface area contributed by atoms with Gasteiger partial charge in [-0.05, 0) is 25.1 Å². The number of allylic oxidation sites excluding steroid dienone is 1. The van der Waals surface area contributed by atoms with Gasteiger partial charge in [-0.15, -0.1) is 0 Å². The zero-order valence-electron chi connectivity index (χ0n) is 16.3. The minimum absolute atomic E-state index is 0.0436. The lowest BCUT2D eigenvalue weighted by Crippen LogP contribution is -2.57. The molecule has 1 saturated heterocycles. The number of phenols is 4. The van der Waals surface area contributed by atoms with Crippen LogP contribution >= 0.6 is 0 Å². The molecular formula is C21H22O10. The number of aliphatic hydroxyl groups excluding tert-OH is 3. The number of fused-ring (bicyclic) bond motifs is 1. The van der Waals surface area contributed by atoms with Crippen molar-refractivity contribution in [3.8, 4) is 28.7 Å². The Morgan fingerprint density at radius 1 is 0.871 bits per heavy atom. The Labute approximate surface area is 176 Å². The number of aromatic hydroxyl groups is 4. The first-order chi connectivity index (χ1) is 14.7. The SMILES string of the molecule is C[C@@H]1O[C@@H](OC2=C(c3ccc(O)c(O)c3)Oc3cc(O)cc(O)c3C2)[C@H](O)[C@H](O)[C@H]1O. The molecule has 2 aliphatic heterocycles. The van der Waals surface area contributed by atoms with E-state index in [0.29, 0.717) is 5.56 Å². The predicted octanol–water partition coefficient (Wildman–Crippen LogP) is 0.657. The molecular weight excluding hydrogens is 412 g/mol. The Bertz CT molecular complexity index is 1030. The van der Waals surface area contributed by atoms with Crippen molar-refractivity contribution in [1.82, 2.24) is 0 Å². The topological polar surface area (TPSA) is 169 Å². The van der Waals surface area contributed by atoms with Gasteiger partial charge in [-0.2, -0.15) is 0 Å². The van der Waals surface area contributed by atoms with Gasteiger partial charge in [0.1, 0.15) is 41.3 Å². The molecule has 2 aliphatic rings. The van der Waals surface area contributed by atoms with Gasteiger partial charge in [0.25, 0.3) is 0 Å². The number of ether oxygens (including phenoxy) is 3. The molecule has 0 spiro atoms. The standard InChI is InChI=1S/C21H22O10/c1-8-17(26)18(27)19(28)21(29-8)31-16-7-11-13(24)5-10(22)6-15(11)30-20(16)9-2-3-12(23)14(25)4-9/h2-6,8,17-19,21-28H,7H2,1H3/t8-,17-,18+,19+,21-/m0/s1. The van der Waals surface area contributed by atoms with Crippen LogP contribution in [0.3, 0.4) is 0 Å². The summed E-state index contributed by atoms with van der Waals surface area (Å²) in [6.07, 6.45) is -6.66. The number of hydrogen-bond acceptors (Lipinski definition) is 10. The van der Waals surface area contributed by atoms with Crippen molar-refractivity contribution in [1.29, 1.82) is 0 Å². The summed E-state index contributed by atoms with van der Waals surface area (Å²) in [5.41, 5.74) is 0.580. The fraction of sp³-hybridized carbons (Fsp3) is 0.333. The average molecular weight is 434 g/mol. The average Bonchev–Trinajstić information content (AvgIpc) is 2.72. The van der Waals surface area contributed by atoms with E-state index in [2.05, 4.69) is 0 Å². The van der Waals surface area contributed by atoms with E-state index < -0.39 is 36.5 Å². The quantitative estimate of drug-likeness (QED) is 0.341. The predicted molar refractivity (Wildman–Crippen MR) is 104 cm³/mol. The van der Waals surface area contributed by atoms with E-state index in [1.807, 2.05) is 0 Å². The lowest BCUT2D eigenvalue weighted by Gasteiger charge is -2.39. The first kappa shape index (κ1) is 21.1. The minimum Gasteiger partial charge on any atom is -0.508 e. The van der Waals surface area contributed by atoms with Crippen LogP contribution < -0.4 is 4.74 Å². The molecule has 10 nitrogen and oxygen atoms in total. The molecule has 0 amide bonds. The highest BCUT2D eigenvalue weighted by molar-refractivity contribution is 5.71. The summed E-state index contributed by atoms with van der Waals surface area (Å²) in [7, 11) is 0. The highest BCUT2D eigenvalue weighted by atomic mass is 16.7. The maximum absolute atomic E-state index is 10.3. The molecule has 5 atom stereocenters. The number of benzene rings is 2. The zero-order chi connectivity index (χ0) is 22.4. The van der Waals surface area contributed by atoms with Crippen LogP contribution in [-0.4, -0.2) is 66.5 Å². The van der Waals surface area contributed by atoms with Gasteiger partial charge < -0.3 is 50.0 Å². The largest absolute Gasteiger partial charge is 0.508 e. The summed E-state index contributed by atoms with van der Waals surface area (Å²) in [6.45, 7) is 1.50. The van der Waals surface area contributed by atoms with Gasteiger partial charge >= 0.3 is 0 Å². The van der Waals surface area contributed by atoms with E-state index in [9.17, 15) is 35.7 Å². The van der Waals surface area contributed by atoms with Gasteiger partial charge in [-0.25, -0.2) is 0 Å². The monoisotopic (exact) mass is 434 g/mol. The van der Waals surface area contributed by atoms with Crippen molar-refractivity contribution in [2.45, 2.75) is 44.1 Å². The summed E-state index contributed by atoms with van der Waals surface area (Å²) in [6, 6.07) is 6.33. The second kappa shape index (κ2) is 7.82. The Hall–Kier alpha value is -3.18. The highest BCUT2D eigenvalue weighted by Crippen LogP contribution is 2.43. The van der Waals surface area contributed by atoms with E-state index in [0.717, 1.165) is 6.07 Å². The van der Waals surface area contributed by atoms with Gasteiger partial charge in [0.2, 0.25) is 6.29 Å². The van der Waals surface area contributed by atoms with E-state index in [1.54, 1.807) is 0 Å². The molecule has 166 valence electrons. The van der Waals surface area contributed by atoms with Crippen molar-refractivity contribution in [2.75, 3.05) is 0 Å². The third-order valence-electron chi connectivity index (χ3n) is 5.28. The Balaban J connectivity index is 1.76. The molecule has 7 N–H and O–H groups in total. The lowest BCUT2D eigenvalue weighted by molar-refractivity contribution is -0.283. The minimum atomic E-state index is -1.58. The molecule has 4 rings (SSSR count). The Kier molecular flexibility index (Phi) is 5.31. The van der Waals surface area contributed by atoms with Gasteiger partial charge in [-0.3, -0.25) is 0 Å². The number of phenolic OH excluding ortho intramolecular Hbond substituents is 4. The van der Waals surface area contributed by atoms with Crippen LogP contribution in [0, 0.1) is 0 Å². The number of rotatable bonds is 3. The van der Waals surface area contributed by atoms with E-state index in [4.69, 9.17) is 14.2 Å². The molecule has 10 heteroatoms. The molecule has 2 aromatic rings. The fourth-order valence-corrected chi connectivity index (χ4v) is 3.52. The maximum atomic E-state index is 10.3. The first-order valence-electron chi connectivity index (χ1n) is 9.50. The molecule has 0 unspecified atom stereocenters. The summed E-state index contributed by atoms with van der Waals surface area (Å²) in [5.74, 6) is -0.964. The summed E-state index contributed by atoms with van der Waals surface area (Å²) in [5, 5.41) is 69.8. The molecule has 0 saturated carbocycles. The van der Waals surface area contributed by atoms with Gasteiger partial charge in [-0.1, -0.05) is 0 Å². The second-order valence-electron chi connectivity index (χ2n) is 7.48. The maximum Gasteiger partial charge on any atom is 0.228 e. The molecule has 0 aliphatic carbocycles. The van der Waals surface area contributed by atoms with Gasteiger partial charge in [0, 0.05) is 29.7 Å². The summed E-state index contributed by atoms with van der Waals surface area (Å²) in [4.78, 5) is 0. The molecule has 2 aromatic carbocycles. The van der Waals surface area contributed by atoms with Crippen molar-refractivity contribution in [3.63, 3.8) is 0 Å². The summed E-state index contributed by atoms with van der Waals surface area (Å²) >= 11 is 0. The number of hydrogen-bond donors (Lipinski definition) is 7. The molecule has 0 aromatic heterocycles. The van der Waals surface area contributed by atoms with Gasteiger partial charge in [0.05, 0.1) is 6.10 Å². The van der Waals surface area contributed by atoms with Crippen molar-refractivity contribution < 1.29 is 50.0 Å². The lowest BCUT2D eigenvalue weighted by atomic mass is 9.99. The van der Waals surface area contributed by atoms with Crippen LogP contribution in [0.5, 0.6) is 28.7 Å². The smallest absolute Gasteiger partial charge is 0.228 e. The fourth-order valence-electron chi connectivity index (χ4n) is 3.52. The van der Waals surface area contributed by atoms with Crippen LogP contribution in [0.1, 0.15) is 18.1 Å². The highest BCUT2D eigenvalue weighted by Gasteiger charge is 2.44. The Morgan fingerprint density at radius 2 is 1.61 bits per heavy atom. The first-order valence-corrected chi connectivity index (χ1v) is 9.50. The van der Waals surface area contributed by atoms with E-state index in [-0.39, 0.29) is 46.5 Å². The second-order valence-corrected chi connectivity index (χ2v) is 7.48. The molecule has 2 heterocycles. The van der Waals surface area contributed by atoms with Crippen LogP contribution in [0.2, 0.25) is 0 Å². The Morgan fingerprint density at radius 3 is 2.32 bits per heavy atom. The van der Waals surface area contributed by atoms with Crippen LogP contribution in [0.25, 0.3) is 5.76 Å². The third kappa shape index (κ3) is 3.81. The van der Waals surface area contributed by atoms with E-state index in [1.165, 1.54) is 31.2 Å². The van der Waals surface area contributed by atoms with Crippen LogP contribution in [0.15, 0.2) is 36.1 Å². The molecule has 0 bridgehead atoms. The number of aliphatic hydroxyl groups is 3. The molecule has 1 fully saturated rings. The van der Waals surface area contributed by atoms with Crippen molar-refractivity contribution in [2.24, 2.45) is 0 Å². The third-order valence-corrected chi connectivity index (χ3v) is 5.28. The molecule has 0 radical (unpaired) electrons. The van der Waals surface area contributed by atoms with Crippen LogP contribution in [-0.2, 0) is 15.9 Å². The van der Waals surface area contributed by atoms with Crippen molar-refractivity contribution >= 4 is 5.76 Å². The normalized spacial score (nSPS) is 28.1. The summed E-state index contributed by atoms with van der Waals surface area (Å²) < 4.78 is 17.1. The van der Waals surface area contributed by atoms with E-state index >= 15 is 0 Å². The van der Waals surface area contributed by atoms with Crippen LogP contribution in [0.4, 0.5) is 0 Å².